The number of carbonyl (C=O) groups is 1. The fourth-order valence-electron chi connectivity index (χ4n) is 2.63. The maximum atomic E-state index is 12.4. The highest BCUT2D eigenvalue weighted by Crippen LogP contribution is 2.14. The van der Waals surface area contributed by atoms with E-state index in [2.05, 4.69) is 50.1 Å². The number of pyridine rings is 1. The summed E-state index contributed by atoms with van der Waals surface area (Å²) in [6, 6.07) is 12.0. The zero-order chi connectivity index (χ0) is 15.4. The minimum atomic E-state index is 0.102. The topological polar surface area (TPSA) is 36.4 Å². The molecule has 1 aromatic heterocycles. The van der Waals surface area contributed by atoms with Crippen LogP contribution in [0.4, 0.5) is 0 Å². The molecule has 4 nitrogen and oxygen atoms in total. The number of hydrogen-bond donors (Lipinski definition) is 0. The van der Waals surface area contributed by atoms with Gasteiger partial charge in [-0.2, -0.15) is 0 Å². The van der Waals surface area contributed by atoms with Crippen LogP contribution in [0.2, 0.25) is 0 Å². The molecule has 1 fully saturated rings. The van der Waals surface area contributed by atoms with E-state index >= 15 is 0 Å². The molecule has 1 saturated heterocycles. The van der Waals surface area contributed by atoms with E-state index in [9.17, 15) is 4.79 Å². The van der Waals surface area contributed by atoms with Crippen LogP contribution in [0.1, 0.15) is 15.9 Å². The van der Waals surface area contributed by atoms with Crippen molar-refractivity contribution in [3.63, 3.8) is 0 Å². The van der Waals surface area contributed by atoms with Gasteiger partial charge in [0.1, 0.15) is 0 Å². The molecule has 5 heteroatoms. The molecule has 0 radical (unpaired) electrons. The monoisotopic (exact) mass is 359 g/mol. The second kappa shape index (κ2) is 7.03. The Morgan fingerprint density at radius 2 is 1.64 bits per heavy atom. The maximum absolute atomic E-state index is 12.4. The Morgan fingerprint density at radius 1 is 1.00 bits per heavy atom. The SMILES string of the molecule is O=C(c1ccncc1)N1CCN(Cc2ccc(Br)cc2)CC1. The average molecular weight is 360 g/mol. The van der Waals surface area contributed by atoms with E-state index in [1.165, 1.54) is 5.56 Å². The number of aromatic nitrogens is 1. The Labute approximate surface area is 138 Å². The number of hydrogen-bond acceptors (Lipinski definition) is 3. The zero-order valence-electron chi connectivity index (χ0n) is 12.3. The van der Waals surface area contributed by atoms with Crippen LogP contribution < -0.4 is 0 Å². The Kier molecular flexibility index (Phi) is 4.85. The quantitative estimate of drug-likeness (QED) is 0.845. The van der Waals surface area contributed by atoms with E-state index in [0.29, 0.717) is 0 Å². The molecule has 2 heterocycles. The summed E-state index contributed by atoms with van der Waals surface area (Å²) in [7, 11) is 0. The minimum Gasteiger partial charge on any atom is -0.336 e. The smallest absolute Gasteiger partial charge is 0.254 e. The summed E-state index contributed by atoms with van der Waals surface area (Å²) >= 11 is 3.45. The lowest BCUT2D eigenvalue weighted by atomic mass is 10.2. The van der Waals surface area contributed by atoms with Gasteiger partial charge < -0.3 is 4.90 Å². The molecule has 1 amide bonds. The summed E-state index contributed by atoms with van der Waals surface area (Å²) in [5.74, 6) is 0.102. The molecule has 1 aliphatic heterocycles. The minimum absolute atomic E-state index is 0.102. The van der Waals surface area contributed by atoms with Gasteiger partial charge >= 0.3 is 0 Å². The lowest BCUT2D eigenvalue weighted by molar-refractivity contribution is 0.0628. The Hall–Kier alpha value is -1.72. The number of rotatable bonds is 3. The van der Waals surface area contributed by atoms with Gasteiger partial charge in [0.2, 0.25) is 0 Å². The number of nitrogens with zero attached hydrogens (tertiary/aromatic N) is 3. The van der Waals surface area contributed by atoms with Gasteiger partial charge in [-0.3, -0.25) is 14.7 Å². The number of halogens is 1. The molecule has 0 N–H and O–H groups in total. The first kappa shape index (κ1) is 15.2. The molecule has 0 unspecified atom stereocenters. The van der Waals surface area contributed by atoms with E-state index in [4.69, 9.17) is 0 Å². The molecule has 22 heavy (non-hydrogen) atoms. The molecule has 2 aromatic rings. The summed E-state index contributed by atoms with van der Waals surface area (Å²) in [6.45, 7) is 4.31. The first-order valence-corrected chi connectivity index (χ1v) is 8.18. The molecule has 0 bridgehead atoms. The molecule has 1 aromatic carbocycles. The molecule has 114 valence electrons. The zero-order valence-corrected chi connectivity index (χ0v) is 13.9. The van der Waals surface area contributed by atoms with Crippen molar-refractivity contribution in [2.75, 3.05) is 26.2 Å². The highest BCUT2D eigenvalue weighted by molar-refractivity contribution is 9.10. The van der Waals surface area contributed by atoms with Crippen molar-refractivity contribution in [3.05, 3.63) is 64.4 Å². The van der Waals surface area contributed by atoms with Gasteiger partial charge in [-0.05, 0) is 29.8 Å². The van der Waals surface area contributed by atoms with E-state index in [1.807, 2.05) is 4.90 Å². The second-order valence-electron chi connectivity index (χ2n) is 5.43. The first-order chi connectivity index (χ1) is 10.7. The van der Waals surface area contributed by atoms with Crippen molar-refractivity contribution in [1.29, 1.82) is 0 Å². The average Bonchev–Trinajstić information content (AvgIpc) is 2.58. The van der Waals surface area contributed by atoms with Crippen LogP contribution >= 0.6 is 15.9 Å². The Morgan fingerprint density at radius 3 is 2.27 bits per heavy atom. The number of benzene rings is 1. The van der Waals surface area contributed by atoms with Gasteiger partial charge in [0, 0.05) is 55.2 Å². The standard InChI is InChI=1S/C17H18BrN3O/c18-16-3-1-14(2-4-16)13-20-9-11-21(12-10-20)17(22)15-5-7-19-8-6-15/h1-8H,9-13H2. The third-order valence-corrected chi connectivity index (χ3v) is 4.43. The lowest BCUT2D eigenvalue weighted by Crippen LogP contribution is -2.48. The Balaban J connectivity index is 1.54. The highest BCUT2D eigenvalue weighted by Gasteiger charge is 2.21. The van der Waals surface area contributed by atoms with E-state index < -0.39 is 0 Å². The van der Waals surface area contributed by atoms with Gasteiger partial charge in [-0.15, -0.1) is 0 Å². The van der Waals surface area contributed by atoms with Crippen LogP contribution in [-0.4, -0.2) is 46.9 Å². The lowest BCUT2D eigenvalue weighted by Gasteiger charge is -2.34. The number of carbonyl (C=O) groups excluding carboxylic acids is 1. The summed E-state index contributed by atoms with van der Waals surface area (Å²) in [6.07, 6.45) is 3.33. The van der Waals surface area contributed by atoms with Crippen LogP contribution in [0.5, 0.6) is 0 Å². The molecule has 1 aliphatic rings. The van der Waals surface area contributed by atoms with Crippen LogP contribution in [0.25, 0.3) is 0 Å². The van der Waals surface area contributed by atoms with Crippen molar-refractivity contribution in [2.24, 2.45) is 0 Å². The maximum Gasteiger partial charge on any atom is 0.254 e. The Bertz CT molecular complexity index is 622. The molecule has 0 saturated carbocycles. The predicted octanol–water partition coefficient (Wildman–Crippen LogP) is 2.80. The van der Waals surface area contributed by atoms with Crippen molar-refractivity contribution >= 4 is 21.8 Å². The van der Waals surface area contributed by atoms with E-state index in [0.717, 1.165) is 42.8 Å². The van der Waals surface area contributed by atoms with Gasteiger partial charge in [0.15, 0.2) is 0 Å². The fourth-order valence-corrected chi connectivity index (χ4v) is 2.90. The van der Waals surface area contributed by atoms with Gasteiger partial charge in [0.05, 0.1) is 0 Å². The molecular formula is C17H18BrN3O. The predicted molar refractivity (Wildman–Crippen MR) is 89.6 cm³/mol. The van der Waals surface area contributed by atoms with Crippen LogP contribution in [0.15, 0.2) is 53.3 Å². The highest BCUT2D eigenvalue weighted by atomic mass is 79.9. The number of piperazine rings is 1. The molecule has 0 aliphatic carbocycles. The molecular weight excluding hydrogens is 342 g/mol. The third-order valence-electron chi connectivity index (χ3n) is 3.91. The summed E-state index contributed by atoms with van der Waals surface area (Å²) < 4.78 is 1.10. The summed E-state index contributed by atoms with van der Waals surface area (Å²) in [4.78, 5) is 20.6. The second-order valence-corrected chi connectivity index (χ2v) is 6.35. The summed E-state index contributed by atoms with van der Waals surface area (Å²) in [5, 5.41) is 0. The number of amides is 1. The van der Waals surface area contributed by atoms with Crippen molar-refractivity contribution in [1.82, 2.24) is 14.8 Å². The molecule has 3 rings (SSSR count). The van der Waals surface area contributed by atoms with Gasteiger partial charge in [-0.1, -0.05) is 28.1 Å². The van der Waals surface area contributed by atoms with Crippen LogP contribution in [-0.2, 0) is 6.54 Å². The third kappa shape index (κ3) is 3.72. The van der Waals surface area contributed by atoms with Crippen molar-refractivity contribution in [3.8, 4) is 0 Å². The molecule has 0 spiro atoms. The fraction of sp³-hybridized carbons (Fsp3) is 0.294. The van der Waals surface area contributed by atoms with Crippen LogP contribution in [0.3, 0.4) is 0 Å². The van der Waals surface area contributed by atoms with Gasteiger partial charge in [-0.25, -0.2) is 0 Å². The summed E-state index contributed by atoms with van der Waals surface area (Å²) in [5.41, 5.74) is 2.02. The van der Waals surface area contributed by atoms with Crippen molar-refractivity contribution in [2.45, 2.75) is 6.54 Å². The molecule has 0 atom stereocenters. The first-order valence-electron chi connectivity index (χ1n) is 7.38. The van der Waals surface area contributed by atoms with Crippen molar-refractivity contribution < 1.29 is 4.79 Å². The van der Waals surface area contributed by atoms with Gasteiger partial charge in [0.25, 0.3) is 5.91 Å². The van der Waals surface area contributed by atoms with Crippen LogP contribution in [0, 0.1) is 0 Å². The van der Waals surface area contributed by atoms with E-state index in [1.54, 1.807) is 24.5 Å². The van der Waals surface area contributed by atoms with E-state index in [-0.39, 0.29) is 5.91 Å². The largest absolute Gasteiger partial charge is 0.336 e. The normalized spacial score (nSPS) is 15.8.